The fourth-order valence-corrected chi connectivity index (χ4v) is 1.87. The Morgan fingerprint density at radius 2 is 2.16 bits per heavy atom. The van der Waals surface area contributed by atoms with Gasteiger partial charge in [0.05, 0.1) is 17.6 Å². The summed E-state index contributed by atoms with van der Waals surface area (Å²) in [5.74, 6) is -0.220. The van der Waals surface area contributed by atoms with Gasteiger partial charge < -0.3 is 11.1 Å². The first-order valence-corrected chi connectivity index (χ1v) is 5.98. The molecule has 19 heavy (non-hydrogen) atoms. The van der Waals surface area contributed by atoms with Crippen LogP contribution < -0.4 is 11.1 Å². The molecule has 3 N–H and O–H groups in total. The van der Waals surface area contributed by atoms with Crippen molar-refractivity contribution in [2.24, 2.45) is 7.05 Å². The van der Waals surface area contributed by atoms with Crippen molar-refractivity contribution in [2.75, 3.05) is 5.73 Å². The molecule has 2 aromatic heterocycles. The summed E-state index contributed by atoms with van der Waals surface area (Å²) < 4.78 is 1.80. The van der Waals surface area contributed by atoms with Crippen molar-refractivity contribution in [3.05, 3.63) is 41.0 Å². The van der Waals surface area contributed by atoms with Gasteiger partial charge in [-0.3, -0.25) is 9.48 Å². The van der Waals surface area contributed by atoms with Crippen LogP contribution in [0.5, 0.6) is 0 Å². The van der Waals surface area contributed by atoms with E-state index in [9.17, 15) is 4.79 Å². The Morgan fingerprint density at radius 3 is 2.68 bits per heavy atom. The summed E-state index contributed by atoms with van der Waals surface area (Å²) in [6.07, 6.45) is 1.47. The maximum atomic E-state index is 11.9. The minimum absolute atomic E-state index is 0.220. The van der Waals surface area contributed by atoms with Crippen LogP contribution in [0.15, 0.2) is 18.3 Å². The number of nitrogens with zero attached hydrogens (tertiary/aromatic N) is 3. The van der Waals surface area contributed by atoms with Gasteiger partial charge in [0.1, 0.15) is 5.69 Å². The monoisotopic (exact) mass is 259 g/mol. The molecular formula is C13H17N5O. The third-order valence-corrected chi connectivity index (χ3v) is 3.10. The number of amides is 1. The normalized spacial score (nSPS) is 10.5. The Kier molecular flexibility index (Phi) is 3.50. The van der Waals surface area contributed by atoms with Crippen molar-refractivity contribution in [3.63, 3.8) is 0 Å². The summed E-state index contributed by atoms with van der Waals surface area (Å²) >= 11 is 0. The van der Waals surface area contributed by atoms with Crippen molar-refractivity contribution in [1.82, 2.24) is 20.1 Å². The molecule has 0 aliphatic heterocycles. The van der Waals surface area contributed by atoms with Gasteiger partial charge in [-0.2, -0.15) is 5.10 Å². The number of aryl methyl sites for hydroxylation is 2. The van der Waals surface area contributed by atoms with Gasteiger partial charge in [0.25, 0.3) is 5.91 Å². The lowest BCUT2D eigenvalue weighted by atomic mass is 10.2. The summed E-state index contributed by atoms with van der Waals surface area (Å²) in [6, 6.07) is 3.26. The van der Waals surface area contributed by atoms with E-state index in [2.05, 4.69) is 15.4 Å². The number of nitrogens with two attached hydrogens (primary N) is 1. The van der Waals surface area contributed by atoms with E-state index in [4.69, 9.17) is 5.73 Å². The summed E-state index contributed by atoms with van der Waals surface area (Å²) in [6.45, 7) is 4.34. The quantitative estimate of drug-likeness (QED) is 0.859. The molecular weight excluding hydrogens is 242 g/mol. The largest absolute Gasteiger partial charge is 0.397 e. The lowest BCUT2D eigenvalue weighted by Crippen LogP contribution is -2.24. The topological polar surface area (TPSA) is 85.8 Å². The van der Waals surface area contributed by atoms with Gasteiger partial charge >= 0.3 is 0 Å². The predicted molar refractivity (Wildman–Crippen MR) is 72.5 cm³/mol. The third kappa shape index (κ3) is 2.73. The van der Waals surface area contributed by atoms with E-state index in [-0.39, 0.29) is 5.91 Å². The van der Waals surface area contributed by atoms with Gasteiger partial charge in [-0.25, -0.2) is 4.98 Å². The van der Waals surface area contributed by atoms with E-state index in [0.717, 1.165) is 17.0 Å². The van der Waals surface area contributed by atoms with E-state index in [1.165, 1.54) is 6.20 Å². The highest BCUT2D eigenvalue weighted by Crippen LogP contribution is 2.11. The predicted octanol–water partition coefficient (Wildman–Crippen LogP) is 0.944. The Balaban J connectivity index is 2.06. The van der Waals surface area contributed by atoms with E-state index in [1.807, 2.05) is 20.9 Å². The number of carbonyl (C=O) groups excluding carboxylic acids is 1. The van der Waals surface area contributed by atoms with Gasteiger partial charge in [0.2, 0.25) is 0 Å². The average molecular weight is 259 g/mol. The zero-order chi connectivity index (χ0) is 14.0. The molecule has 0 atom stereocenters. The van der Waals surface area contributed by atoms with Gasteiger partial charge in [-0.1, -0.05) is 0 Å². The van der Waals surface area contributed by atoms with Crippen molar-refractivity contribution >= 4 is 11.6 Å². The Hall–Kier alpha value is -2.37. The van der Waals surface area contributed by atoms with Gasteiger partial charge in [0.15, 0.2) is 0 Å². The van der Waals surface area contributed by atoms with Crippen molar-refractivity contribution < 1.29 is 4.79 Å². The Morgan fingerprint density at radius 1 is 1.42 bits per heavy atom. The van der Waals surface area contributed by atoms with Crippen LogP contribution in [0.2, 0.25) is 0 Å². The second-order valence-corrected chi connectivity index (χ2v) is 4.43. The van der Waals surface area contributed by atoms with Crippen molar-refractivity contribution in [2.45, 2.75) is 20.4 Å². The van der Waals surface area contributed by atoms with Crippen LogP contribution in [0.4, 0.5) is 5.69 Å². The lowest BCUT2D eigenvalue weighted by molar-refractivity contribution is 0.0946. The first kappa shape index (κ1) is 13.1. The molecule has 0 aromatic carbocycles. The number of nitrogen functional groups attached to an aromatic ring is 1. The number of anilines is 1. The molecule has 2 rings (SSSR count). The number of hydrogen-bond donors (Lipinski definition) is 2. The fraction of sp³-hybridized carbons (Fsp3) is 0.308. The zero-order valence-corrected chi connectivity index (χ0v) is 11.3. The first-order chi connectivity index (χ1) is 8.99. The van der Waals surface area contributed by atoms with Crippen LogP contribution in [0.3, 0.4) is 0 Å². The Bertz CT molecular complexity index is 600. The second kappa shape index (κ2) is 5.09. The highest BCUT2D eigenvalue weighted by atomic mass is 16.1. The van der Waals surface area contributed by atoms with Crippen molar-refractivity contribution in [1.29, 1.82) is 0 Å². The molecule has 0 spiro atoms. The molecule has 0 saturated carbocycles. The molecule has 2 heterocycles. The molecule has 1 amide bonds. The summed E-state index contributed by atoms with van der Waals surface area (Å²) in [4.78, 5) is 15.9. The number of nitrogens with one attached hydrogen (secondary N) is 1. The highest BCUT2D eigenvalue weighted by molar-refractivity contribution is 5.92. The molecule has 0 saturated heterocycles. The fourth-order valence-electron chi connectivity index (χ4n) is 1.87. The van der Waals surface area contributed by atoms with Gasteiger partial charge in [0, 0.05) is 24.8 Å². The van der Waals surface area contributed by atoms with Crippen LogP contribution in [-0.2, 0) is 13.6 Å². The van der Waals surface area contributed by atoms with Crippen LogP contribution in [0, 0.1) is 13.8 Å². The SMILES string of the molecule is Cc1nn(C)c(C)c1CNC(=O)c1ccc(N)cn1. The van der Waals surface area contributed by atoms with Crippen LogP contribution >= 0.6 is 0 Å². The van der Waals surface area contributed by atoms with Gasteiger partial charge in [-0.15, -0.1) is 0 Å². The summed E-state index contributed by atoms with van der Waals surface area (Å²) in [7, 11) is 1.88. The molecule has 0 unspecified atom stereocenters. The molecule has 100 valence electrons. The second-order valence-electron chi connectivity index (χ2n) is 4.43. The Labute approximate surface area is 111 Å². The average Bonchev–Trinajstić information content (AvgIpc) is 2.62. The number of pyridine rings is 1. The zero-order valence-electron chi connectivity index (χ0n) is 11.3. The van der Waals surface area contributed by atoms with Crippen LogP contribution in [0.1, 0.15) is 27.4 Å². The van der Waals surface area contributed by atoms with Crippen LogP contribution in [0.25, 0.3) is 0 Å². The highest BCUT2D eigenvalue weighted by Gasteiger charge is 2.12. The number of rotatable bonds is 3. The summed E-state index contributed by atoms with van der Waals surface area (Å²) in [5, 5.41) is 7.14. The van der Waals surface area contributed by atoms with Crippen LogP contribution in [-0.4, -0.2) is 20.7 Å². The molecule has 0 aliphatic carbocycles. The lowest BCUT2D eigenvalue weighted by Gasteiger charge is -2.05. The molecule has 0 radical (unpaired) electrons. The number of hydrogen-bond acceptors (Lipinski definition) is 4. The first-order valence-electron chi connectivity index (χ1n) is 5.98. The minimum Gasteiger partial charge on any atom is -0.397 e. The molecule has 0 bridgehead atoms. The maximum Gasteiger partial charge on any atom is 0.270 e. The molecule has 6 nitrogen and oxygen atoms in total. The van der Waals surface area contributed by atoms with E-state index in [0.29, 0.717) is 17.9 Å². The molecule has 6 heteroatoms. The van der Waals surface area contributed by atoms with E-state index < -0.39 is 0 Å². The van der Waals surface area contributed by atoms with Gasteiger partial charge in [-0.05, 0) is 26.0 Å². The van der Waals surface area contributed by atoms with Crippen molar-refractivity contribution in [3.8, 4) is 0 Å². The maximum absolute atomic E-state index is 11.9. The summed E-state index contributed by atoms with van der Waals surface area (Å²) in [5.41, 5.74) is 9.42. The third-order valence-electron chi connectivity index (χ3n) is 3.10. The standard InChI is InChI=1S/C13H17N5O/c1-8-11(9(2)18(3)17-8)7-16-13(19)12-5-4-10(14)6-15-12/h4-6H,7,14H2,1-3H3,(H,16,19). The van der Waals surface area contributed by atoms with E-state index >= 15 is 0 Å². The number of aromatic nitrogens is 3. The van der Waals surface area contributed by atoms with E-state index in [1.54, 1.807) is 16.8 Å². The molecule has 0 aliphatic rings. The number of carbonyl (C=O) groups is 1. The minimum atomic E-state index is -0.220. The smallest absolute Gasteiger partial charge is 0.270 e. The molecule has 0 fully saturated rings. The molecule has 2 aromatic rings.